The van der Waals surface area contributed by atoms with Crippen LogP contribution in [0.3, 0.4) is 0 Å². The SMILES string of the molecule is O=C(N[C@H](C1=CC2CC[NH+]1CC2)c1ccccc1)C(Cl)(Cl)Cl. The highest BCUT2D eigenvalue weighted by atomic mass is 35.6. The number of piperidine rings is 1. The molecule has 1 fully saturated rings. The third kappa shape index (κ3) is 3.43. The van der Waals surface area contributed by atoms with Crippen molar-refractivity contribution in [2.75, 3.05) is 13.1 Å². The van der Waals surface area contributed by atoms with Gasteiger partial charge < -0.3 is 10.2 Å². The number of hydrogen-bond acceptors (Lipinski definition) is 1. The zero-order valence-electron chi connectivity index (χ0n) is 12.0. The van der Waals surface area contributed by atoms with Crippen molar-refractivity contribution < 1.29 is 9.69 Å². The van der Waals surface area contributed by atoms with E-state index in [0.717, 1.165) is 18.7 Å². The lowest BCUT2D eigenvalue weighted by Gasteiger charge is -2.38. The molecule has 2 N–H and O–H groups in total. The summed E-state index contributed by atoms with van der Waals surface area (Å²) in [5, 5.41) is 2.90. The van der Waals surface area contributed by atoms with Crippen LogP contribution in [0.4, 0.5) is 0 Å². The lowest BCUT2D eigenvalue weighted by molar-refractivity contribution is -0.874. The molecule has 0 unspecified atom stereocenters. The van der Waals surface area contributed by atoms with Gasteiger partial charge in [0, 0.05) is 12.8 Å². The van der Waals surface area contributed by atoms with Crippen LogP contribution < -0.4 is 10.2 Å². The van der Waals surface area contributed by atoms with Crippen LogP contribution in [0.25, 0.3) is 0 Å². The van der Waals surface area contributed by atoms with Gasteiger partial charge in [0.2, 0.25) is 0 Å². The molecule has 0 aromatic heterocycles. The number of halogens is 3. The van der Waals surface area contributed by atoms with E-state index in [2.05, 4.69) is 11.4 Å². The van der Waals surface area contributed by atoms with E-state index < -0.39 is 9.70 Å². The summed E-state index contributed by atoms with van der Waals surface area (Å²) in [5.74, 6) is 0.0117. The maximum absolute atomic E-state index is 12.2. The highest BCUT2D eigenvalue weighted by molar-refractivity contribution is 6.76. The van der Waals surface area contributed by atoms with E-state index >= 15 is 0 Å². The quantitative estimate of drug-likeness (QED) is 0.798. The van der Waals surface area contributed by atoms with Gasteiger partial charge in [0.05, 0.1) is 13.1 Å². The fourth-order valence-electron chi connectivity index (χ4n) is 3.32. The van der Waals surface area contributed by atoms with Gasteiger partial charge in [-0.2, -0.15) is 0 Å². The minimum Gasteiger partial charge on any atom is -0.336 e. The Morgan fingerprint density at radius 1 is 1.18 bits per heavy atom. The van der Waals surface area contributed by atoms with E-state index in [-0.39, 0.29) is 6.04 Å². The molecule has 3 nitrogen and oxygen atoms in total. The van der Waals surface area contributed by atoms with Gasteiger partial charge >= 0.3 is 0 Å². The Morgan fingerprint density at radius 2 is 1.82 bits per heavy atom. The summed E-state index contributed by atoms with van der Waals surface area (Å²) in [7, 11) is 0. The minimum absolute atomic E-state index is 0.248. The summed E-state index contributed by atoms with van der Waals surface area (Å²) in [5.41, 5.74) is 2.20. The molecule has 3 heterocycles. The lowest BCUT2D eigenvalue weighted by atomic mass is 9.87. The number of nitrogens with one attached hydrogen (secondary N) is 2. The van der Waals surface area contributed by atoms with Gasteiger partial charge in [-0.25, -0.2) is 0 Å². The largest absolute Gasteiger partial charge is 0.336 e. The molecular formula is C16H18Cl3N2O+. The molecule has 0 radical (unpaired) electrons. The van der Waals surface area contributed by atoms with Crippen LogP contribution in [-0.4, -0.2) is 22.8 Å². The highest BCUT2D eigenvalue weighted by Crippen LogP contribution is 2.30. The predicted octanol–water partition coefficient (Wildman–Crippen LogP) is 2.41. The molecule has 118 valence electrons. The third-order valence-corrected chi connectivity index (χ3v) is 4.95. The number of carbonyl (C=O) groups excluding carboxylic acids is 1. The number of quaternary nitrogens is 1. The molecule has 0 aliphatic carbocycles. The van der Waals surface area contributed by atoms with Crippen molar-refractivity contribution in [1.82, 2.24) is 5.32 Å². The van der Waals surface area contributed by atoms with Gasteiger partial charge in [0.1, 0.15) is 11.7 Å². The lowest BCUT2D eigenvalue weighted by Crippen LogP contribution is -3.13. The number of hydrogen-bond donors (Lipinski definition) is 2. The number of benzene rings is 1. The smallest absolute Gasteiger partial charge is 0.273 e. The number of allylic oxidation sites excluding steroid dienone is 1. The summed E-state index contributed by atoms with van der Waals surface area (Å²) in [6.45, 7) is 2.20. The van der Waals surface area contributed by atoms with Crippen molar-refractivity contribution in [3.63, 3.8) is 0 Å². The van der Waals surface area contributed by atoms with Crippen LogP contribution in [-0.2, 0) is 4.79 Å². The summed E-state index contributed by atoms with van der Waals surface area (Å²) in [6.07, 6.45) is 4.70. The maximum Gasteiger partial charge on any atom is 0.273 e. The molecule has 0 saturated carbocycles. The molecule has 1 aromatic carbocycles. The second-order valence-electron chi connectivity index (χ2n) is 5.88. The Balaban J connectivity index is 1.92. The molecule has 3 aliphatic rings. The van der Waals surface area contributed by atoms with Crippen molar-refractivity contribution in [2.45, 2.75) is 22.7 Å². The molecule has 1 saturated heterocycles. The van der Waals surface area contributed by atoms with Crippen molar-refractivity contribution in [2.24, 2.45) is 5.92 Å². The van der Waals surface area contributed by atoms with E-state index in [4.69, 9.17) is 34.8 Å². The molecule has 1 aromatic rings. The second-order valence-corrected chi connectivity index (χ2v) is 8.16. The van der Waals surface area contributed by atoms with Crippen molar-refractivity contribution in [1.29, 1.82) is 0 Å². The average Bonchev–Trinajstić information content (AvgIpc) is 2.53. The molecule has 2 bridgehead atoms. The Morgan fingerprint density at radius 3 is 2.32 bits per heavy atom. The first-order valence-electron chi connectivity index (χ1n) is 7.44. The first-order chi connectivity index (χ1) is 10.4. The summed E-state index contributed by atoms with van der Waals surface area (Å²) >= 11 is 17.2. The number of fused-ring (bicyclic) bond motifs is 2. The predicted molar refractivity (Wildman–Crippen MR) is 89.1 cm³/mol. The van der Waals surface area contributed by atoms with Crippen molar-refractivity contribution >= 4 is 40.7 Å². The number of alkyl halides is 3. The summed E-state index contributed by atoms with van der Waals surface area (Å²) in [6, 6.07) is 9.60. The van der Waals surface area contributed by atoms with Crippen molar-refractivity contribution in [3.05, 3.63) is 47.7 Å². The minimum atomic E-state index is -1.95. The average molecular weight is 361 g/mol. The molecule has 1 atom stereocenters. The van der Waals surface area contributed by atoms with E-state index in [0.29, 0.717) is 5.92 Å². The topological polar surface area (TPSA) is 33.5 Å². The monoisotopic (exact) mass is 359 g/mol. The zero-order valence-corrected chi connectivity index (χ0v) is 14.3. The van der Waals surface area contributed by atoms with Crippen LogP contribution >= 0.6 is 34.8 Å². The van der Waals surface area contributed by atoms with Gasteiger partial charge in [0.25, 0.3) is 9.70 Å². The Hall–Kier alpha value is -0.740. The van der Waals surface area contributed by atoms with Crippen molar-refractivity contribution in [3.8, 4) is 0 Å². The molecule has 6 heteroatoms. The maximum atomic E-state index is 12.2. The standard InChI is InChI=1S/C16H17Cl3N2O/c17-16(18,19)15(22)20-14(12-4-2-1-3-5-12)13-10-11-6-8-21(13)9-7-11/h1-5,10-11,14H,6-9H2,(H,20,22)/p+1/t14-/m0/s1. The number of carbonyl (C=O) groups is 1. The zero-order chi connectivity index (χ0) is 15.7. The molecule has 22 heavy (non-hydrogen) atoms. The van der Waals surface area contributed by atoms with E-state index in [9.17, 15) is 4.79 Å². The molecule has 3 aliphatic heterocycles. The van der Waals surface area contributed by atoms with Gasteiger partial charge in [-0.3, -0.25) is 4.79 Å². The fourth-order valence-corrected chi connectivity index (χ4v) is 3.48. The Kier molecular flexibility index (Phi) is 4.69. The summed E-state index contributed by atoms with van der Waals surface area (Å²) in [4.78, 5) is 13.6. The highest BCUT2D eigenvalue weighted by Gasteiger charge is 2.39. The van der Waals surface area contributed by atoms with E-state index in [1.54, 1.807) is 0 Å². The first-order valence-corrected chi connectivity index (χ1v) is 8.58. The molecular weight excluding hydrogens is 343 g/mol. The Labute approximate surface area is 145 Å². The Bertz CT molecular complexity index is 575. The fraction of sp³-hybridized carbons (Fsp3) is 0.438. The van der Waals surface area contributed by atoms with Crippen LogP contribution in [0.2, 0.25) is 0 Å². The van der Waals surface area contributed by atoms with Gasteiger partial charge in [-0.15, -0.1) is 0 Å². The van der Waals surface area contributed by atoms with Crippen LogP contribution in [0.5, 0.6) is 0 Å². The molecule has 1 amide bonds. The van der Waals surface area contributed by atoms with Crippen LogP contribution in [0, 0.1) is 5.92 Å². The van der Waals surface area contributed by atoms with Crippen LogP contribution in [0.15, 0.2) is 42.1 Å². The van der Waals surface area contributed by atoms with Gasteiger partial charge in [-0.05, 0) is 17.6 Å². The van der Waals surface area contributed by atoms with Gasteiger partial charge in [0.15, 0.2) is 0 Å². The number of amides is 1. The van der Waals surface area contributed by atoms with E-state index in [1.165, 1.54) is 23.4 Å². The van der Waals surface area contributed by atoms with Gasteiger partial charge in [-0.1, -0.05) is 65.1 Å². The molecule has 4 rings (SSSR count). The summed E-state index contributed by atoms with van der Waals surface area (Å²) < 4.78 is -1.95. The number of rotatable bonds is 3. The normalized spacial score (nSPS) is 25.5. The first kappa shape index (κ1) is 16.1. The third-order valence-electron chi connectivity index (χ3n) is 4.43. The van der Waals surface area contributed by atoms with E-state index in [1.807, 2.05) is 30.3 Å². The molecule has 0 spiro atoms. The van der Waals surface area contributed by atoms with Crippen LogP contribution in [0.1, 0.15) is 24.4 Å². The second kappa shape index (κ2) is 6.40.